The van der Waals surface area contributed by atoms with Gasteiger partial charge in [0.2, 0.25) is 11.8 Å². The largest absolute Gasteiger partial charge is 0.494 e. The molecule has 0 spiro atoms. The maximum atomic E-state index is 12.9. The molecule has 0 saturated carbocycles. The second-order valence-corrected chi connectivity index (χ2v) is 5.73. The first-order chi connectivity index (χ1) is 12.7. The van der Waals surface area contributed by atoms with Crippen LogP contribution in [0.3, 0.4) is 0 Å². The summed E-state index contributed by atoms with van der Waals surface area (Å²) in [5, 5.41) is 18.3. The third-order valence-corrected chi connectivity index (χ3v) is 4.09. The zero-order valence-corrected chi connectivity index (χ0v) is 13.7. The molecule has 2 aromatic heterocycles. The van der Waals surface area contributed by atoms with Crippen molar-refractivity contribution >= 4 is 22.9 Å². The summed E-state index contributed by atoms with van der Waals surface area (Å²) in [6, 6.07) is 16.6. The van der Waals surface area contributed by atoms with Crippen molar-refractivity contribution in [2.24, 2.45) is 4.99 Å². The highest BCUT2D eigenvalue weighted by atomic mass is 16.3. The molecule has 0 radical (unpaired) electrons. The van der Waals surface area contributed by atoms with Crippen molar-refractivity contribution in [3.63, 3.8) is 0 Å². The fraction of sp³-hybridized carbons (Fsp3) is 0.0526. The van der Waals surface area contributed by atoms with E-state index < -0.39 is 0 Å². The van der Waals surface area contributed by atoms with Gasteiger partial charge in [-0.15, -0.1) is 0 Å². The molecule has 0 aliphatic carbocycles. The standard InChI is InChI=1S/C19H15N5O2/c25-17-15-9-5-4-8-14(15)16(10-20-19-21-12-22-23-19)18(26)24(17)11-13-6-2-1-3-7-13/h1-10,12,26H,11H2,(H,21,22,23). The Kier molecular flexibility index (Phi) is 4.03. The van der Waals surface area contributed by atoms with Gasteiger partial charge in [0, 0.05) is 17.0 Å². The Morgan fingerprint density at radius 3 is 2.54 bits per heavy atom. The number of hydrogen-bond donors (Lipinski definition) is 2. The van der Waals surface area contributed by atoms with E-state index in [-0.39, 0.29) is 18.0 Å². The van der Waals surface area contributed by atoms with E-state index in [2.05, 4.69) is 20.2 Å². The average molecular weight is 345 g/mol. The lowest BCUT2D eigenvalue weighted by Crippen LogP contribution is -2.22. The van der Waals surface area contributed by atoms with Crippen molar-refractivity contribution in [3.05, 3.63) is 82.4 Å². The molecule has 4 rings (SSSR count). The van der Waals surface area contributed by atoms with E-state index in [1.165, 1.54) is 17.1 Å². The van der Waals surface area contributed by atoms with Crippen LogP contribution >= 0.6 is 0 Å². The number of aromatic nitrogens is 4. The smallest absolute Gasteiger partial charge is 0.261 e. The Morgan fingerprint density at radius 1 is 1.08 bits per heavy atom. The fourth-order valence-electron chi connectivity index (χ4n) is 2.84. The molecule has 0 aliphatic rings. The number of aromatic amines is 1. The van der Waals surface area contributed by atoms with Gasteiger partial charge in [-0.1, -0.05) is 48.5 Å². The molecule has 2 N–H and O–H groups in total. The zero-order chi connectivity index (χ0) is 17.9. The minimum Gasteiger partial charge on any atom is -0.494 e. The Bertz CT molecular complexity index is 1130. The number of nitrogens with zero attached hydrogens (tertiary/aromatic N) is 4. The number of fused-ring (bicyclic) bond motifs is 1. The predicted octanol–water partition coefficient (Wildman–Crippen LogP) is 2.62. The topological polar surface area (TPSA) is 96.2 Å². The van der Waals surface area contributed by atoms with Gasteiger partial charge in [0.15, 0.2) is 0 Å². The molecule has 128 valence electrons. The van der Waals surface area contributed by atoms with E-state index in [1.54, 1.807) is 18.2 Å². The summed E-state index contributed by atoms with van der Waals surface area (Å²) < 4.78 is 1.35. The Balaban J connectivity index is 1.91. The maximum Gasteiger partial charge on any atom is 0.261 e. The van der Waals surface area contributed by atoms with Crippen LogP contribution in [0.1, 0.15) is 11.1 Å². The van der Waals surface area contributed by atoms with Gasteiger partial charge in [-0.05, 0) is 11.6 Å². The first-order valence-electron chi connectivity index (χ1n) is 8.02. The van der Waals surface area contributed by atoms with Gasteiger partial charge >= 0.3 is 0 Å². The third-order valence-electron chi connectivity index (χ3n) is 4.09. The van der Waals surface area contributed by atoms with Crippen LogP contribution in [0.15, 0.2) is 70.7 Å². The fourth-order valence-corrected chi connectivity index (χ4v) is 2.84. The van der Waals surface area contributed by atoms with Crippen LogP contribution in [0.25, 0.3) is 10.8 Å². The number of hydrogen-bond acceptors (Lipinski definition) is 5. The van der Waals surface area contributed by atoms with Crippen LogP contribution in [0, 0.1) is 0 Å². The number of aliphatic imine (C=N–C) groups is 1. The zero-order valence-electron chi connectivity index (χ0n) is 13.7. The molecule has 7 nitrogen and oxygen atoms in total. The van der Waals surface area contributed by atoms with E-state index in [0.29, 0.717) is 22.3 Å². The molecule has 2 aromatic carbocycles. The van der Waals surface area contributed by atoms with Crippen molar-refractivity contribution in [3.8, 4) is 5.88 Å². The minimum atomic E-state index is -0.251. The number of rotatable bonds is 4. The monoisotopic (exact) mass is 345 g/mol. The van der Waals surface area contributed by atoms with E-state index in [0.717, 1.165) is 5.56 Å². The highest BCUT2D eigenvalue weighted by Gasteiger charge is 2.15. The second-order valence-electron chi connectivity index (χ2n) is 5.73. The van der Waals surface area contributed by atoms with Gasteiger partial charge in [-0.2, -0.15) is 10.1 Å². The molecule has 0 unspecified atom stereocenters. The first-order valence-corrected chi connectivity index (χ1v) is 8.02. The lowest BCUT2D eigenvalue weighted by Gasteiger charge is -2.13. The van der Waals surface area contributed by atoms with Crippen LogP contribution in [0.4, 0.5) is 5.95 Å². The van der Waals surface area contributed by atoms with Gasteiger partial charge in [-0.25, -0.2) is 10.1 Å². The van der Waals surface area contributed by atoms with Crippen LogP contribution in [-0.2, 0) is 6.54 Å². The summed E-state index contributed by atoms with van der Waals surface area (Å²) in [6.45, 7) is 0.263. The van der Waals surface area contributed by atoms with Crippen LogP contribution in [0.2, 0.25) is 0 Å². The summed E-state index contributed by atoms with van der Waals surface area (Å²) in [4.78, 5) is 21.0. The summed E-state index contributed by atoms with van der Waals surface area (Å²) in [7, 11) is 0. The van der Waals surface area contributed by atoms with E-state index in [1.807, 2.05) is 36.4 Å². The first kappa shape index (κ1) is 15.8. The van der Waals surface area contributed by atoms with E-state index in [9.17, 15) is 9.90 Å². The van der Waals surface area contributed by atoms with E-state index in [4.69, 9.17) is 0 Å². The Morgan fingerprint density at radius 2 is 1.81 bits per heavy atom. The summed E-state index contributed by atoms with van der Waals surface area (Å²) >= 11 is 0. The van der Waals surface area contributed by atoms with Crippen LogP contribution in [-0.4, -0.2) is 31.1 Å². The van der Waals surface area contributed by atoms with E-state index >= 15 is 0 Å². The van der Waals surface area contributed by atoms with Crippen molar-refractivity contribution in [2.75, 3.05) is 0 Å². The van der Waals surface area contributed by atoms with Crippen LogP contribution < -0.4 is 5.56 Å². The summed E-state index contributed by atoms with van der Waals surface area (Å²) in [6.07, 6.45) is 2.83. The number of nitrogens with one attached hydrogen (secondary N) is 1. The van der Waals surface area contributed by atoms with Crippen LogP contribution in [0.5, 0.6) is 5.88 Å². The molecule has 4 aromatic rings. The van der Waals surface area contributed by atoms with Crippen molar-refractivity contribution in [1.29, 1.82) is 0 Å². The van der Waals surface area contributed by atoms with Crippen molar-refractivity contribution < 1.29 is 5.11 Å². The molecule has 0 atom stereocenters. The molecular formula is C19H15N5O2. The lowest BCUT2D eigenvalue weighted by atomic mass is 10.1. The molecule has 0 amide bonds. The second kappa shape index (κ2) is 6.64. The minimum absolute atomic E-state index is 0.138. The molecule has 0 bridgehead atoms. The summed E-state index contributed by atoms with van der Waals surface area (Å²) in [5.41, 5.74) is 1.12. The van der Waals surface area contributed by atoms with Gasteiger partial charge in [0.05, 0.1) is 12.1 Å². The number of pyridine rings is 1. The SMILES string of the molecule is O=c1c2ccccc2c(C=Nc2ncn[nH]2)c(O)n1Cc1ccccc1. The number of benzene rings is 2. The highest BCUT2D eigenvalue weighted by Crippen LogP contribution is 2.24. The quantitative estimate of drug-likeness (QED) is 0.556. The number of aromatic hydroxyl groups is 1. The molecule has 0 saturated heterocycles. The van der Waals surface area contributed by atoms with Gasteiger partial charge < -0.3 is 5.11 Å². The highest BCUT2D eigenvalue weighted by molar-refractivity contribution is 6.01. The maximum absolute atomic E-state index is 12.9. The van der Waals surface area contributed by atoms with Gasteiger partial charge in [0.25, 0.3) is 5.56 Å². The third kappa shape index (κ3) is 2.86. The normalized spacial score (nSPS) is 11.4. The summed E-state index contributed by atoms with van der Waals surface area (Å²) in [5.74, 6) is 0.176. The Hall–Kier alpha value is -3.74. The number of H-pyrrole nitrogens is 1. The Labute approximate surface area is 148 Å². The molecule has 0 fully saturated rings. The molecule has 26 heavy (non-hydrogen) atoms. The average Bonchev–Trinajstić information content (AvgIpc) is 3.19. The van der Waals surface area contributed by atoms with Gasteiger partial charge in [0.1, 0.15) is 6.33 Å². The molecular weight excluding hydrogens is 330 g/mol. The lowest BCUT2D eigenvalue weighted by molar-refractivity contribution is 0.416. The van der Waals surface area contributed by atoms with Crippen molar-refractivity contribution in [2.45, 2.75) is 6.54 Å². The molecule has 0 aliphatic heterocycles. The van der Waals surface area contributed by atoms with Gasteiger partial charge in [-0.3, -0.25) is 9.36 Å². The molecule has 2 heterocycles. The molecule has 7 heteroatoms. The van der Waals surface area contributed by atoms with Crippen molar-refractivity contribution in [1.82, 2.24) is 19.7 Å². The predicted molar refractivity (Wildman–Crippen MR) is 99.1 cm³/mol.